The summed E-state index contributed by atoms with van der Waals surface area (Å²) in [6.07, 6.45) is 1.90. The molecule has 0 fully saturated rings. The number of carbonyl (C=O) groups excluding carboxylic acids is 1. The smallest absolute Gasteiger partial charge is 0.335 e. The Labute approximate surface area is 149 Å². The van der Waals surface area contributed by atoms with Crippen molar-refractivity contribution in [2.24, 2.45) is 7.05 Å². The topological polar surface area (TPSA) is 118 Å². The van der Waals surface area contributed by atoms with Gasteiger partial charge in [0.15, 0.2) is 5.75 Å². The van der Waals surface area contributed by atoms with Gasteiger partial charge in [-0.15, -0.1) is 0 Å². The van der Waals surface area contributed by atoms with Gasteiger partial charge in [0.25, 0.3) is 11.5 Å². The van der Waals surface area contributed by atoms with Gasteiger partial charge in [0.1, 0.15) is 5.75 Å². The second kappa shape index (κ2) is 8.19. The lowest BCUT2D eigenvalue weighted by molar-refractivity contribution is 0.0695. The average Bonchev–Trinajstić information content (AvgIpc) is 2.59. The molecule has 0 atom stereocenters. The normalized spacial score (nSPS) is 10.4. The molecule has 0 aliphatic heterocycles. The van der Waals surface area contributed by atoms with E-state index in [4.69, 9.17) is 9.84 Å². The summed E-state index contributed by atoms with van der Waals surface area (Å²) in [5.74, 6) is -1.57. The molecule has 3 N–H and O–H groups in total. The summed E-state index contributed by atoms with van der Waals surface area (Å²) in [5.41, 5.74) is 0.109. The van der Waals surface area contributed by atoms with Crippen molar-refractivity contribution in [2.75, 3.05) is 13.2 Å². The molecular formula is C18H20N2O6. The summed E-state index contributed by atoms with van der Waals surface area (Å²) in [7, 11) is 1.48. The van der Waals surface area contributed by atoms with E-state index < -0.39 is 23.2 Å². The summed E-state index contributed by atoms with van der Waals surface area (Å²) in [5, 5.41) is 21.3. The number of aromatic nitrogens is 1. The highest BCUT2D eigenvalue weighted by atomic mass is 16.5. The number of aryl methyl sites for hydroxylation is 2. The molecule has 8 heteroatoms. The molecule has 1 aromatic carbocycles. The third kappa shape index (κ3) is 4.41. The highest BCUT2D eigenvalue weighted by Crippen LogP contribution is 2.17. The number of ether oxygens (including phenoxy) is 1. The predicted octanol–water partition coefficient (Wildman–Crippen LogP) is 1.30. The van der Waals surface area contributed by atoms with Gasteiger partial charge < -0.3 is 24.8 Å². The van der Waals surface area contributed by atoms with Crippen LogP contribution in [-0.4, -0.2) is 39.8 Å². The standard InChI is InChI=1S/C18H20N2O6/c1-11-10-12(4-5-13(11)18(24)25)26-9-3-7-19-16(22)14-6-8-20(2)17(23)15(14)21/h4-6,8,10,21H,3,7,9H2,1-2H3,(H,19,22)(H,24,25). The molecule has 1 heterocycles. The summed E-state index contributed by atoms with van der Waals surface area (Å²) >= 11 is 0. The fourth-order valence-corrected chi connectivity index (χ4v) is 2.32. The Morgan fingerprint density at radius 3 is 2.62 bits per heavy atom. The molecule has 8 nitrogen and oxygen atoms in total. The summed E-state index contributed by atoms with van der Waals surface area (Å²) < 4.78 is 6.70. The summed E-state index contributed by atoms with van der Waals surface area (Å²) in [6, 6.07) is 6.06. The number of carbonyl (C=O) groups is 2. The Bertz CT molecular complexity index is 888. The van der Waals surface area contributed by atoms with E-state index >= 15 is 0 Å². The fraction of sp³-hybridized carbons (Fsp3) is 0.278. The average molecular weight is 360 g/mol. The first-order chi connectivity index (χ1) is 12.3. The number of aromatic carboxylic acids is 1. The molecule has 1 amide bonds. The number of hydrogen-bond acceptors (Lipinski definition) is 5. The molecule has 26 heavy (non-hydrogen) atoms. The maximum Gasteiger partial charge on any atom is 0.335 e. The Hall–Kier alpha value is -3.29. The van der Waals surface area contributed by atoms with E-state index in [0.717, 1.165) is 0 Å². The van der Waals surface area contributed by atoms with Crippen molar-refractivity contribution in [2.45, 2.75) is 13.3 Å². The minimum atomic E-state index is -0.990. The molecule has 0 radical (unpaired) electrons. The fourth-order valence-electron chi connectivity index (χ4n) is 2.32. The first kappa shape index (κ1) is 19.0. The zero-order chi connectivity index (χ0) is 19.3. The van der Waals surface area contributed by atoms with E-state index in [-0.39, 0.29) is 11.1 Å². The largest absolute Gasteiger partial charge is 0.502 e. The van der Waals surface area contributed by atoms with Crippen LogP contribution in [0.25, 0.3) is 0 Å². The molecule has 0 spiro atoms. The number of benzene rings is 1. The number of nitrogens with zero attached hydrogens (tertiary/aromatic N) is 1. The van der Waals surface area contributed by atoms with E-state index in [0.29, 0.717) is 30.9 Å². The van der Waals surface area contributed by atoms with Crippen LogP contribution in [0.15, 0.2) is 35.3 Å². The van der Waals surface area contributed by atoms with Crippen LogP contribution in [0.1, 0.15) is 32.7 Å². The number of pyridine rings is 1. The van der Waals surface area contributed by atoms with Crippen molar-refractivity contribution in [1.82, 2.24) is 9.88 Å². The van der Waals surface area contributed by atoms with E-state index in [1.807, 2.05) is 0 Å². The number of aromatic hydroxyl groups is 1. The predicted molar refractivity (Wildman–Crippen MR) is 93.9 cm³/mol. The van der Waals surface area contributed by atoms with Gasteiger partial charge in [0, 0.05) is 19.8 Å². The van der Waals surface area contributed by atoms with E-state index in [9.17, 15) is 19.5 Å². The van der Waals surface area contributed by atoms with Gasteiger partial charge >= 0.3 is 5.97 Å². The molecule has 2 rings (SSSR count). The second-order valence-electron chi connectivity index (χ2n) is 5.73. The molecular weight excluding hydrogens is 340 g/mol. The third-order valence-corrected chi connectivity index (χ3v) is 3.79. The minimum Gasteiger partial charge on any atom is -0.502 e. The van der Waals surface area contributed by atoms with Crippen molar-refractivity contribution in [1.29, 1.82) is 0 Å². The molecule has 1 aromatic heterocycles. The maximum atomic E-state index is 12.0. The molecule has 0 bridgehead atoms. The Morgan fingerprint density at radius 1 is 1.23 bits per heavy atom. The van der Waals surface area contributed by atoms with Gasteiger partial charge in [-0.25, -0.2) is 4.79 Å². The number of nitrogens with one attached hydrogen (secondary N) is 1. The van der Waals surface area contributed by atoms with Gasteiger partial charge in [-0.1, -0.05) is 0 Å². The van der Waals surface area contributed by atoms with Crippen LogP contribution in [0.2, 0.25) is 0 Å². The van der Waals surface area contributed by atoms with Gasteiger partial charge in [-0.05, 0) is 43.2 Å². The summed E-state index contributed by atoms with van der Waals surface area (Å²) in [6.45, 7) is 2.29. The Kier molecular flexibility index (Phi) is 6.00. The Morgan fingerprint density at radius 2 is 1.96 bits per heavy atom. The highest BCUT2D eigenvalue weighted by molar-refractivity contribution is 5.96. The van der Waals surface area contributed by atoms with Crippen molar-refractivity contribution >= 4 is 11.9 Å². The van der Waals surface area contributed by atoms with E-state index in [1.54, 1.807) is 19.1 Å². The molecule has 0 aliphatic carbocycles. The summed E-state index contributed by atoms with van der Waals surface area (Å²) in [4.78, 5) is 34.5. The van der Waals surface area contributed by atoms with Crippen molar-refractivity contribution in [3.63, 3.8) is 0 Å². The van der Waals surface area contributed by atoms with Crippen LogP contribution < -0.4 is 15.6 Å². The van der Waals surface area contributed by atoms with Crippen molar-refractivity contribution in [3.05, 3.63) is 57.5 Å². The SMILES string of the molecule is Cc1cc(OCCCNC(=O)c2ccn(C)c(=O)c2O)ccc1C(=O)O. The minimum absolute atomic E-state index is 0.0751. The number of amides is 1. The number of carboxylic acid groups (broad SMARTS) is 1. The number of hydrogen-bond donors (Lipinski definition) is 3. The molecule has 0 unspecified atom stereocenters. The van der Waals surface area contributed by atoms with Crippen LogP contribution in [0.5, 0.6) is 11.5 Å². The molecule has 0 aliphatic rings. The number of rotatable bonds is 7. The maximum absolute atomic E-state index is 12.0. The molecule has 0 saturated heterocycles. The Balaban J connectivity index is 1.81. The van der Waals surface area contributed by atoms with Gasteiger partial charge in [-0.2, -0.15) is 0 Å². The number of carboxylic acids is 1. The van der Waals surface area contributed by atoms with E-state index in [1.165, 1.54) is 29.9 Å². The van der Waals surface area contributed by atoms with Gasteiger partial charge in [0.2, 0.25) is 0 Å². The molecule has 0 saturated carbocycles. The van der Waals surface area contributed by atoms with Crippen molar-refractivity contribution < 1.29 is 24.5 Å². The van der Waals surface area contributed by atoms with Crippen LogP contribution >= 0.6 is 0 Å². The zero-order valence-corrected chi connectivity index (χ0v) is 14.5. The van der Waals surface area contributed by atoms with Gasteiger partial charge in [0.05, 0.1) is 17.7 Å². The monoisotopic (exact) mass is 360 g/mol. The lowest BCUT2D eigenvalue weighted by atomic mass is 10.1. The quantitative estimate of drug-likeness (QED) is 0.641. The van der Waals surface area contributed by atoms with Crippen LogP contribution in [0.3, 0.4) is 0 Å². The van der Waals surface area contributed by atoms with Crippen molar-refractivity contribution in [3.8, 4) is 11.5 Å². The highest BCUT2D eigenvalue weighted by Gasteiger charge is 2.14. The zero-order valence-electron chi connectivity index (χ0n) is 14.5. The first-order valence-electron chi connectivity index (χ1n) is 7.95. The van der Waals surface area contributed by atoms with Crippen LogP contribution in [-0.2, 0) is 7.05 Å². The first-order valence-corrected chi connectivity index (χ1v) is 7.95. The van der Waals surface area contributed by atoms with E-state index in [2.05, 4.69) is 5.32 Å². The molecule has 2 aromatic rings. The third-order valence-electron chi connectivity index (χ3n) is 3.79. The molecule has 138 valence electrons. The lowest BCUT2D eigenvalue weighted by Gasteiger charge is -2.10. The second-order valence-corrected chi connectivity index (χ2v) is 5.73. The van der Waals surface area contributed by atoms with Crippen LogP contribution in [0.4, 0.5) is 0 Å². The van der Waals surface area contributed by atoms with Crippen LogP contribution in [0, 0.1) is 6.92 Å². The van der Waals surface area contributed by atoms with Gasteiger partial charge in [-0.3, -0.25) is 9.59 Å². The lowest BCUT2D eigenvalue weighted by Crippen LogP contribution is -2.28.